The molecular formula is C14H30N2O2. The first-order valence-corrected chi connectivity index (χ1v) is 6.88. The molecule has 4 N–H and O–H groups in total. The molecule has 1 heterocycles. The number of hydrogen-bond acceptors (Lipinski definition) is 4. The Morgan fingerprint density at radius 2 is 1.83 bits per heavy atom. The van der Waals surface area contributed by atoms with E-state index in [0.29, 0.717) is 6.54 Å². The fourth-order valence-electron chi connectivity index (χ4n) is 3.10. The van der Waals surface area contributed by atoms with E-state index in [1.54, 1.807) is 0 Å². The molecule has 108 valence electrons. The quantitative estimate of drug-likeness (QED) is 0.694. The van der Waals surface area contributed by atoms with E-state index in [4.69, 9.17) is 10.5 Å². The number of aliphatic hydroxyl groups is 1. The van der Waals surface area contributed by atoms with Gasteiger partial charge in [-0.3, -0.25) is 0 Å². The Kier molecular flexibility index (Phi) is 4.49. The summed E-state index contributed by atoms with van der Waals surface area (Å²) in [4.78, 5) is 0. The zero-order valence-electron chi connectivity index (χ0n) is 12.7. The Morgan fingerprint density at radius 3 is 2.17 bits per heavy atom. The lowest BCUT2D eigenvalue weighted by Gasteiger charge is -2.43. The molecule has 18 heavy (non-hydrogen) atoms. The summed E-state index contributed by atoms with van der Waals surface area (Å²) in [6.07, 6.45) is 0.881. The van der Waals surface area contributed by atoms with Crippen LogP contribution in [0.25, 0.3) is 0 Å². The monoisotopic (exact) mass is 258 g/mol. The number of ether oxygens (including phenoxy) is 1. The highest BCUT2D eigenvalue weighted by Gasteiger charge is 2.56. The maximum absolute atomic E-state index is 9.27. The first-order valence-electron chi connectivity index (χ1n) is 6.88. The van der Waals surface area contributed by atoms with Crippen molar-refractivity contribution in [1.29, 1.82) is 0 Å². The first-order chi connectivity index (χ1) is 8.09. The highest BCUT2D eigenvalue weighted by Crippen LogP contribution is 2.44. The van der Waals surface area contributed by atoms with Crippen LogP contribution in [0, 0.1) is 5.92 Å². The van der Waals surface area contributed by atoms with Crippen molar-refractivity contribution < 1.29 is 9.84 Å². The van der Waals surface area contributed by atoms with Crippen LogP contribution in [0.15, 0.2) is 0 Å². The van der Waals surface area contributed by atoms with Crippen molar-refractivity contribution in [3.05, 3.63) is 0 Å². The van der Waals surface area contributed by atoms with E-state index in [9.17, 15) is 5.11 Å². The van der Waals surface area contributed by atoms with Crippen molar-refractivity contribution in [3.63, 3.8) is 0 Å². The molecule has 0 aliphatic carbocycles. The third-order valence-corrected chi connectivity index (χ3v) is 4.41. The summed E-state index contributed by atoms with van der Waals surface area (Å²) in [5.41, 5.74) is 5.33. The van der Waals surface area contributed by atoms with E-state index in [1.165, 1.54) is 0 Å². The molecule has 1 rings (SSSR count). The number of hydrogen-bond donors (Lipinski definition) is 3. The van der Waals surface area contributed by atoms with Gasteiger partial charge in [0, 0.05) is 19.2 Å². The molecule has 1 fully saturated rings. The van der Waals surface area contributed by atoms with Crippen LogP contribution in [0.2, 0.25) is 0 Å². The summed E-state index contributed by atoms with van der Waals surface area (Å²) in [5.74, 6) is 0.202. The summed E-state index contributed by atoms with van der Waals surface area (Å²) < 4.78 is 6.15. The molecule has 0 aromatic rings. The summed E-state index contributed by atoms with van der Waals surface area (Å²) in [7, 11) is 0. The Balaban J connectivity index is 2.92. The van der Waals surface area contributed by atoms with E-state index >= 15 is 0 Å². The lowest BCUT2D eigenvalue weighted by atomic mass is 9.78. The predicted octanol–water partition coefficient (Wildman–Crippen LogP) is 1.27. The average molecular weight is 258 g/mol. The lowest BCUT2D eigenvalue weighted by molar-refractivity contribution is -0.0839. The van der Waals surface area contributed by atoms with Gasteiger partial charge in [-0.2, -0.15) is 0 Å². The van der Waals surface area contributed by atoms with Crippen molar-refractivity contribution >= 4 is 0 Å². The van der Waals surface area contributed by atoms with E-state index < -0.39 is 0 Å². The van der Waals surface area contributed by atoms with E-state index in [-0.39, 0.29) is 35.3 Å². The first kappa shape index (κ1) is 15.9. The molecule has 0 amide bonds. The van der Waals surface area contributed by atoms with Crippen LogP contribution >= 0.6 is 0 Å². The third kappa shape index (κ3) is 2.87. The van der Waals surface area contributed by atoms with Crippen LogP contribution in [-0.2, 0) is 4.74 Å². The molecule has 3 atom stereocenters. The molecule has 0 saturated carbocycles. The molecule has 1 aliphatic heterocycles. The molecular weight excluding hydrogens is 228 g/mol. The molecule has 0 radical (unpaired) electrons. The summed E-state index contributed by atoms with van der Waals surface area (Å²) in [6.45, 7) is 13.2. The standard InChI is InChI=1S/C14H30N2O2/c1-10(7-17)11(2)16-14(9-15)8-12(3,4)18-13(14,5)6/h10-11,16-17H,7-9,15H2,1-6H3. The third-order valence-electron chi connectivity index (χ3n) is 4.41. The number of rotatable bonds is 5. The van der Waals surface area contributed by atoms with Gasteiger partial charge in [-0.05, 0) is 47.0 Å². The molecule has 0 aromatic heterocycles. The largest absolute Gasteiger partial charge is 0.396 e. The molecule has 1 saturated heterocycles. The number of aliphatic hydroxyl groups excluding tert-OH is 1. The molecule has 4 heteroatoms. The van der Waals surface area contributed by atoms with Crippen LogP contribution in [0.5, 0.6) is 0 Å². The van der Waals surface area contributed by atoms with Crippen molar-refractivity contribution in [2.45, 2.75) is 70.7 Å². The Bertz CT molecular complexity index is 292. The van der Waals surface area contributed by atoms with Gasteiger partial charge in [-0.25, -0.2) is 0 Å². The zero-order chi connectivity index (χ0) is 14.2. The number of nitrogens with one attached hydrogen (secondary N) is 1. The summed E-state index contributed by atoms with van der Waals surface area (Å²) in [6, 6.07) is 0.204. The molecule has 3 unspecified atom stereocenters. The van der Waals surface area contributed by atoms with Gasteiger partial charge in [0.15, 0.2) is 0 Å². The highest BCUT2D eigenvalue weighted by atomic mass is 16.5. The van der Waals surface area contributed by atoms with Crippen molar-refractivity contribution in [2.24, 2.45) is 11.7 Å². The van der Waals surface area contributed by atoms with Gasteiger partial charge < -0.3 is 20.9 Å². The SMILES string of the molecule is CC(CO)C(C)NC1(CN)CC(C)(C)OC1(C)C. The van der Waals surface area contributed by atoms with E-state index in [2.05, 4.69) is 39.9 Å². The molecule has 4 nitrogen and oxygen atoms in total. The van der Waals surface area contributed by atoms with Gasteiger partial charge in [0.25, 0.3) is 0 Å². The second kappa shape index (κ2) is 5.08. The van der Waals surface area contributed by atoms with Crippen LogP contribution in [-0.4, -0.2) is 41.0 Å². The summed E-state index contributed by atoms with van der Waals surface area (Å²) >= 11 is 0. The maximum atomic E-state index is 9.27. The lowest BCUT2D eigenvalue weighted by Crippen LogP contribution is -2.64. The normalized spacial score (nSPS) is 33.3. The molecule has 0 spiro atoms. The van der Waals surface area contributed by atoms with Crippen LogP contribution in [0.1, 0.15) is 48.0 Å². The van der Waals surface area contributed by atoms with Crippen molar-refractivity contribution in [3.8, 4) is 0 Å². The minimum absolute atomic E-state index is 0.169. The van der Waals surface area contributed by atoms with Gasteiger partial charge in [-0.15, -0.1) is 0 Å². The van der Waals surface area contributed by atoms with Gasteiger partial charge >= 0.3 is 0 Å². The zero-order valence-corrected chi connectivity index (χ0v) is 12.7. The molecule has 0 bridgehead atoms. The second-order valence-corrected chi connectivity index (χ2v) is 6.93. The van der Waals surface area contributed by atoms with Gasteiger partial charge in [-0.1, -0.05) is 6.92 Å². The fraction of sp³-hybridized carbons (Fsp3) is 1.00. The van der Waals surface area contributed by atoms with E-state index in [0.717, 1.165) is 6.42 Å². The van der Waals surface area contributed by atoms with Crippen LogP contribution in [0.3, 0.4) is 0 Å². The fourth-order valence-corrected chi connectivity index (χ4v) is 3.10. The van der Waals surface area contributed by atoms with E-state index in [1.807, 2.05) is 6.92 Å². The Labute approximate surface area is 111 Å². The van der Waals surface area contributed by atoms with Gasteiger partial charge in [0.05, 0.1) is 16.7 Å². The minimum atomic E-state index is -0.311. The maximum Gasteiger partial charge on any atom is 0.0828 e. The van der Waals surface area contributed by atoms with Gasteiger partial charge in [0.1, 0.15) is 0 Å². The Morgan fingerprint density at radius 1 is 1.28 bits per heavy atom. The second-order valence-electron chi connectivity index (χ2n) is 6.93. The molecule has 1 aliphatic rings. The average Bonchev–Trinajstić information content (AvgIpc) is 2.42. The molecule has 0 aromatic carbocycles. The van der Waals surface area contributed by atoms with Crippen molar-refractivity contribution in [2.75, 3.05) is 13.2 Å². The smallest absolute Gasteiger partial charge is 0.0828 e. The number of nitrogens with two attached hydrogens (primary N) is 1. The van der Waals surface area contributed by atoms with Crippen LogP contribution < -0.4 is 11.1 Å². The highest BCUT2D eigenvalue weighted by molar-refractivity contribution is 5.13. The topological polar surface area (TPSA) is 67.5 Å². The predicted molar refractivity (Wildman–Crippen MR) is 74.5 cm³/mol. The van der Waals surface area contributed by atoms with Gasteiger partial charge in [0.2, 0.25) is 0 Å². The minimum Gasteiger partial charge on any atom is -0.396 e. The van der Waals surface area contributed by atoms with Crippen LogP contribution in [0.4, 0.5) is 0 Å². The van der Waals surface area contributed by atoms with Crippen molar-refractivity contribution in [1.82, 2.24) is 5.32 Å². The summed E-state index contributed by atoms with van der Waals surface area (Å²) in [5, 5.41) is 12.9. The Hall–Kier alpha value is -0.160.